The molecule has 0 unspecified atom stereocenters. The van der Waals surface area contributed by atoms with Crippen LogP contribution >= 0.6 is 24.0 Å². The predicted molar refractivity (Wildman–Crippen MR) is 118 cm³/mol. The number of nitrogens with two attached hydrogens (primary N) is 1. The van der Waals surface area contributed by atoms with E-state index in [0.29, 0.717) is 12.5 Å². The number of nitrogens with one attached hydrogen (secondary N) is 2. The molecule has 0 saturated heterocycles. The number of halogens is 1. The Morgan fingerprint density at radius 3 is 2.72 bits per heavy atom. The number of aromatic nitrogens is 1. The Bertz CT molecular complexity index is 867. The first-order chi connectivity index (χ1) is 11.7. The number of anilines is 1. The summed E-state index contributed by atoms with van der Waals surface area (Å²) in [5, 5.41) is 4.42. The van der Waals surface area contributed by atoms with Gasteiger partial charge in [-0.2, -0.15) is 0 Å². The smallest absolute Gasteiger partial charge is 0.193 e. The number of guanidine groups is 1. The molecule has 132 valence electrons. The van der Waals surface area contributed by atoms with Crippen molar-refractivity contribution in [3.05, 3.63) is 65.4 Å². The number of nitrogens with zero attached hydrogens (tertiary/aromatic N) is 1. The van der Waals surface area contributed by atoms with Crippen molar-refractivity contribution in [1.82, 2.24) is 4.98 Å². The fourth-order valence-corrected chi connectivity index (χ4v) is 2.98. The average Bonchev–Trinajstić information content (AvgIpc) is 2.98. The number of para-hydroxylation sites is 1. The molecule has 0 fully saturated rings. The maximum Gasteiger partial charge on any atom is 0.193 e. The highest BCUT2D eigenvalue weighted by atomic mass is 127. The summed E-state index contributed by atoms with van der Waals surface area (Å²) in [4.78, 5) is 7.84. The predicted octanol–water partition coefficient (Wildman–Crippen LogP) is 4.63. The number of H-pyrrole nitrogens is 1. The van der Waals surface area contributed by atoms with Gasteiger partial charge in [0.15, 0.2) is 5.96 Å². The van der Waals surface area contributed by atoms with E-state index in [1.54, 1.807) is 0 Å². The van der Waals surface area contributed by atoms with E-state index in [-0.39, 0.29) is 24.0 Å². The number of fused-ring (bicyclic) bond motifs is 1. The van der Waals surface area contributed by atoms with E-state index in [9.17, 15) is 0 Å². The second kappa shape index (κ2) is 8.89. The van der Waals surface area contributed by atoms with Crippen LogP contribution < -0.4 is 11.1 Å². The first-order valence-electron chi connectivity index (χ1n) is 8.39. The van der Waals surface area contributed by atoms with Crippen molar-refractivity contribution in [2.45, 2.75) is 26.7 Å². The highest BCUT2D eigenvalue weighted by Gasteiger charge is 2.06. The topological polar surface area (TPSA) is 66.2 Å². The fraction of sp³-hybridized carbons (Fsp3) is 0.250. The molecule has 0 amide bonds. The third-order valence-electron chi connectivity index (χ3n) is 4.22. The molecule has 4 nitrogen and oxygen atoms in total. The van der Waals surface area contributed by atoms with E-state index in [4.69, 9.17) is 5.73 Å². The maximum absolute atomic E-state index is 5.98. The molecule has 0 radical (unpaired) electrons. The first-order valence-corrected chi connectivity index (χ1v) is 8.39. The van der Waals surface area contributed by atoms with Crippen molar-refractivity contribution in [3.63, 3.8) is 0 Å². The molecule has 0 spiro atoms. The molecular weight excluding hydrogens is 423 g/mol. The van der Waals surface area contributed by atoms with Gasteiger partial charge in [-0.3, -0.25) is 4.99 Å². The Morgan fingerprint density at radius 1 is 1.16 bits per heavy atom. The second-order valence-corrected chi connectivity index (χ2v) is 6.02. The summed E-state index contributed by atoms with van der Waals surface area (Å²) >= 11 is 0. The van der Waals surface area contributed by atoms with Crippen LogP contribution in [0, 0.1) is 6.92 Å². The van der Waals surface area contributed by atoms with Crippen LogP contribution in [-0.4, -0.2) is 17.5 Å². The zero-order valence-electron chi connectivity index (χ0n) is 14.7. The fourth-order valence-electron chi connectivity index (χ4n) is 2.98. The second-order valence-electron chi connectivity index (χ2n) is 6.02. The SMILES string of the molecule is CCc1cccc2c(CCN=C(N)Nc3cccc(C)c3)c[nH]c12.I. The lowest BCUT2D eigenvalue weighted by atomic mass is 10.1. The molecule has 1 aromatic heterocycles. The van der Waals surface area contributed by atoms with Crippen LogP contribution in [0.3, 0.4) is 0 Å². The van der Waals surface area contributed by atoms with Gasteiger partial charge in [-0.05, 0) is 48.6 Å². The third-order valence-corrected chi connectivity index (χ3v) is 4.22. The van der Waals surface area contributed by atoms with E-state index < -0.39 is 0 Å². The van der Waals surface area contributed by atoms with Gasteiger partial charge in [0.2, 0.25) is 0 Å². The number of aliphatic imine (C=N–C) groups is 1. The lowest BCUT2D eigenvalue weighted by molar-refractivity contribution is 0.972. The first kappa shape index (κ1) is 19.3. The van der Waals surface area contributed by atoms with Gasteiger partial charge in [-0.25, -0.2) is 0 Å². The van der Waals surface area contributed by atoms with E-state index in [2.05, 4.69) is 59.6 Å². The molecule has 0 bridgehead atoms. The van der Waals surface area contributed by atoms with Crippen LogP contribution in [0.1, 0.15) is 23.6 Å². The molecule has 2 aromatic carbocycles. The molecule has 0 aliphatic rings. The molecule has 4 N–H and O–H groups in total. The van der Waals surface area contributed by atoms with Crippen LogP contribution in [0.5, 0.6) is 0 Å². The normalized spacial score (nSPS) is 11.4. The number of aromatic amines is 1. The molecular formula is C20H25IN4. The van der Waals surface area contributed by atoms with E-state index in [1.807, 2.05) is 18.2 Å². The zero-order chi connectivity index (χ0) is 16.9. The Kier molecular flexibility index (Phi) is 6.87. The Balaban J connectivity index is 0.00000225. The highest BCUT2D eigenvalue weighted by Crippen LogP contribution is 2.22. The molecule has 0 aliphatic carbocycles. The number of aryl methyl sites for hydroxylation is 2. The van der Waals surface area contributed by atoms with Crippen LogP contribution in [0.2, 0.25) is 0 Å². The zero-order valence-corrected chi connectivity index (χ0v) is 17.0. The van der Waals surface area contributed by atoms with Gasteiger partial charge in [0.1, 0.15) is 0 Å². The van der Waals surface area contributed by atoms with Gasteiger partial charge in [0.05, 0.1) is 0 Å². The molecule has 3 rings (SSSR count). The van der Waals surface area contributed by atoms with Crippen molar-refractivity contribution < 1.29 is 0 Å². The number of hydrogen-bond donors (Lipinski definition) is 3. The van der Waals surface area contributed by atoms with E-state index in [1.165, 1.54) is 27.6 Å². The van der Waals surface area contributed by atoms with Gasteiger partial charge in [-0.1, -0.05) is 37.3 Å². The maximum atomic E-state index is 5.98. The van der Waals surface area contributed by atoms with E-state index in [0.717, 1.165) is 18.5 Å². The minimum atomic E-state index is 0. The van der Waals surface area contributed by atoms with Gasteiger partial charge >= 0.3 is 0 Å². The van der Waals surface area contributed by atoms with Crippen molar-refractivity contribution >= 4 is 46.5 Å². The summed E-state index contributed by atoms with van der Waals surface area (Å²) in [6, 6.07) is 14.6. The highest BCUT2D eigenvalue weighted by molar-refractivity contribution is 14.0. The summed E-state index contributed by atoms with van der Waals surface area (Å²) < 4.78 is 0. The summed E-state index contributed by atoms with van der Waals surface area (Å²) in [6.45, 7) is 4.89. The Hall–Kier alpha value is -2.02. The summed E-state index contributed by atoms with van der Waals surface area (Å²) in [5.41, 5.74) is 12.0. The molecule has 1 heterocycles. The van der Waals surface area contributed by atoms with Gasteiger partial charge in [-0.15, -0.1) is 24.0 Å². The standard InChI is InChI=1S/C20H24N4.HI/c1-3-15-7-5-9-18-16(13-23-19(15)18)10-11-22-20(21)24-17-8-4-6-14(2)12-17;/h4-9,12-13,23H,3,10-11H2,1-2H3,(H3,21,22,24);1H. The molecule has 0 atom stereocenters. The third kappa shape index (κ3) is 4.75. The van der Waals surface area contributed by atoms with Gasteiger partial charge in [0.25, 0.3) is 0 Å². The van der Waals surface area contributed by atoms with Crippen LogP contribution in [0.4, 0.5) is 5.69 Å². The Labute approximate surface area is 165 Å². The largest absolute Gasteiger partial charge is 0.370 e. The monoisotopic (exact) mass is 448 g/mol. The van der Waals surface area contributed by atoms with E-state index >= 15 is 0 Å². The van der Waals surface area contributed by atoms with Crippen LogP contribution in [-0.2, 0) is 12.8 Å². The summed E-state index contributed by atoms with van der Waals surface area (Å²) in [7, 11) is 0. The van der Waals surface area contributed by atoms with Crippen molar-refractivity contribution in [2.24, 2.45) is 10.7 Å². The Morgan fingerprint density at radius 2 is 1.96 bits per heavy atom. The van der Waals surface area contributed by atoms with Crippen LogP contribution in [0.25, 0.3) is 10.9 Å². The molecule has 0 aliphatic heterocycles. The summed E-state index contributed by atoms with van der Waals surface area (Å²) in [5.74, 6) is 0.453. The average molecular weight is 448 g/mol. The van der Waals surface area contributed by atoms with Gasteiger partial charge in [0, 0.05) is 29.3 Å². The molecule has 5 heteroatoms. The minimum Gasteiger partial charge on any atom is -0.370 e. The van der Waals surface area contributed by atoms with Crippen molar-refractivity contribution in [3.8, 4) is 0 Å². The van der Waals surface area contributed by atoms with Gasteiger partial charge < -0.3 is 16.0 Å². The lowest BCUT2D eigenvalue weighted by Gasteiger charge is -2.06. The van der Waals surface area contributed by atoms with Crippen molar-refractivity contribution in [1.29, 1.82) is 0 Å². The molecule has 3 aromatic rings. The summed E-state index contributed by atoms with van der Waals surface area (Å²) in [6.07, 6.45) is 3.98. The molecule has 25 heavy (non-hydrogen) atoms. The quantitative estimate of drug-likeness (QED) is 0.303. The van der Waals surface area contributed by atoms with Crippen molar-refractivity contribution in [2.75, 3.05) is 11.9 Å². The number of hydrogen-bond acceptors (Lipinski definition) is 1. The lowest BCUT2D eigenvalue weighted by Crippen LogP contribution is -2.23. The minimum absolute atomic E-state index is 0. The van der Waals surface area contributed by atoms with Crippen LogP contribution in [0.15, 0.2) is 53.7 Å². The molecule has 0 saturated carbocycles. The number of rotatable bonds is 5. The number of benzene rings is 2.